The predicted octanol–water partition coefficient (Wildman–Crippen LogP) is 1.55. The molecule has 4 heteroatoms. The number of hydrogen-bond donors (Lipinski definition) is 2. The molecule has 1 aliphatic heterocycles. The summed E-state index contributed by atoms with van der Waals surface area (Å²) in [5.74, 6) is 2.41. The third kappa shape index (κ3) is 3.48. The molecule has 1 amide bonds. The quantitative estimate of drug-likeness (QED) is 0.853. The van der Waals surface area contributed by atoms with Crippen molar-refractivity contribution >= 4 is 17.7 Å². The number of nitrogens with one attached hydrogen (secondary N) is 1. The van der Waals surface area contributed by atoms with Gasteiger partial charge in [-0.2, -0.15) is 11.8 Å². The summed E-state index contributed by atoms with van der Waals surface area (Å²) in [5, 5.41) is 11.9. The van der Waals surface area contributed by atoms with Crippen LogP contribution >= 0.6 is 11.8 Å². The van der Waals surface area contributed by atoms with E-state index in [4.69, 9.17) is 5.11 Å². The van der Waals surface area contributed by atoms with E-state index in [0.29, 0.717) is 6.54 Å². The first-order valence-electron chi connectivity index (χ1n) is 5.83. The highest BCUT2D eigenvalue weighted by Crippen LogP contribution is 2.23. The Morgan fingerprint density at radius 2 is 2.06 bits per heavy atom. The molecule has 2 N–H and O–H groups in total. The highest BCUT2D eigenvalue weighted by Gasteiger charge is 2.22. The SMILES string of the molecule is O=C(NCc1ccc(CO)cc1)C1CCSC1. The minimum Gasteiger partial charge on any atom is -0.392 e. The summed E-state index contributed by atoms with van der Waals surface area (Å²) in [6.07, 6.45) is 1.000. The molecule has 0 saturated carbocycles. The zero-order valence-corrected chi connectivity index (χ0v) is 10.5. The number of carbonyl (C=O) groups is 1. The molecular formula is C13H17NO2S. The number of aliphatic hydroxyl groups excluding tert-OH is 1. The van der Waals surface area contributed by atoms with Gasteiger partial charge in [0.05, 0.1) is 6.61 Å². The molecule has 92 valence electrons. The van der Waals surface area contributed by atoms with Crippen molar-refractivity contribution in [2.24, 2.45) is 5.92 Å². The maximum Gasteiger partial charge on any atom is 0.224 e. The van der Waals surface area contributed by atoms with Crippen LogP contribution in [0.4, 0.5) is 0 Å². The van der Waals surface area contributed by atoms with Crippen molar-refractivity contribution in [1.29, 1.82) is 0 Å². The number of hydrogen-bond acceptors (Lipinski definition) is 3. The smallest absolute Gasteiger partial charge is 0.224 e. The average Bonchev–Trinajstić information content (AvgIpc) is 2.90. The van der Waals surface area contributed by atoms with Gasteiger partial charge in [0.2, 0.25) is 5.91 Å². The number of thioether (sulfide) groups is 1. The van der Waals surface area contributed by atoms with Gasteiger partial charge in [-0.3, -0.25) is 4.79 Å². The number of benzene rings is 1. The van der Waals surface area contributed by atoms with E-state index in [1.807, 2.05) is 36.0 Å². The van der Waals surface area contributed by atoms with Crippen molar-refractivity contribution < 1.29 is 9.90 Å². The largest absolute Gasteiger partial charge is 0.392 e. The summed E-state index contributed by atoms with van der Waals surface area (Å²) in [7, 11) is 0. The molecule has 0 spiro atoms. The lowest BCUT2D eigenvalue weighted by molar-refractivity contribution is -0.124. The van der Waals surface area contributed by atoms with E-state index in [1.54, 1.807) is 0 Å². The second kappa shape index (κ2) is 6.07. The number of amides is 1. The minimum absolute atomic E-state index is 0.0614. The van der Waals surface area contributed by atoms with E-state index >= 15 is 0 Å². The Kier molecular flexibility index (Phi) is 4.45. The van der Waals surface area contributed by atoms with E-state index in [9.17, 15) is 4.79 Å². The van der Waals surface area contributed by atoms with Gasteiger partial charge in [-0.05, 0) is 23.3 Å². The van der Waals surface area contributed by atoms with Crippen LogP contribution in [0, 0.1) is 5.92 Å². The Balaban J connectivity index is 1.82. The fourth-order valence-corrected chi connectivity index (χ4v) is 3.06. The molecular weight excluding hydrogens is 234 g/mol. The van der Waals surface area contributed by atoms with E-state index in [1.165, 1.54) is 0 Å². The van der Waals surface area contributed by atoms with Gasteiger partial charge in [-0.1, -0.05) is 24.3 Å². The van der Waals surface area contributed by atoms with Crippen molar-refractivity contribution in [2.45, 2.75) is 19.6 Å². The fraction of sp³-hybridized carbons (Fsp3) is 0.462. The first-order valence-corrected chi connectivity index (χ1v) is 6.99. The molecule has 0 bridgehead atoms. The Bertz CT molecular complexity index is 372. The van der Waals surface area contributed by atoms with Crippen molar-refractivity contribution in [3.05, 3.63) is 35.4 Å². The highest BCUT2D eigenvalue weighted by molar-refractivity contribution is 7.99. The Morgan fingerprint density at radius 3 is 2.65 bits per heavy atom. The second-order valence-corrected chi connectivity index (χ2v) is 5.40. The Labute approximate surface area is 106 Å². The third-order valence-electron chi connectivity index (χ3n) is 2.97. The van der Waals surface area contributed by atoms with Crippen molar-refractivity contribution in [3.63, 3.8) is 0 Å². The van der Waals surface area contributed by atoms with E-state index in [0.717, 1.165) is 29.1 Å². The first-order chi connectivity index (χ1) is 8.29. The zero-order chi connectivity index (χ0) is 12.1. The number of aliphatic hydroxyl groups is 1. The molecule has 1 aromatic carbocycles. The predicted molar refractivity (Wildman–Crippen MR) is 69.6 cm³/mol. The van der Waals surface area contributed by atoms with Gasteiger partial charge < -0.3 is 10.4 Å². The molecule has 0 aromatic heterocycles. The van der Waals surface area contributed by atoms with Crippen LogP contribution in [-0.2, 0) is 17.9 Å². The summed E-state index contributed by atoms with van der Waals surface area (Å²) < 4.78 is 0. The standard InChI is InChI=1S/C13H17NO2S/c15-8-11-3-1-10(2-4-11)7-14-13(16)12-5-6-17-9-12/h1-4,12,15H,5-9H2,(H,14,16). The number of rotatable bonds is 4. The summed E-state index contributed by atoms with van der Waals surface area (Å²) in [5.41, 5.74) is 1.97. The fourth-order valence-electron chi connectivity index (χ4n) is 1.84. The van der Waals surface area contributed by atoms with Crippen molar-refractivity contribution in [2.75, 3.05) is 11.5 Å². The second-order valence-electron chi connectivity index (χ2n) is 4.25. The van der Waals surface area contributed by atoms with Gasteiger partial charge in [-0.15, -0.1) is 0 Å². The lowest BCUT2D eigenvalue weighted by Crippen LogP contribution is -2.30. The molecule has 1 atom stereocenters. The third-order valence-corrected chi connectivity index (χ3v) is 4.14. The molecule has 1 aromatic rings. The lowest BCUT2D eigenvalue weighted by Gasteiger charge is -2.10. The normalized spacial score (nSPS) is 19.2. The summed E-state index contributed by atoms with van der Waals surface area (Å²) in [4.78, 5) is 11.8. The van der Waals surface area contributed by atoms with Crippen LogP contribution in [0.15, 0.2) is 24.3 Å². The maximum atomic E-state index is 11.8. The molecule has 0 radical (unpaired) electrons. The minimum atomic E-state index is 0.0614. The van der Waals surface area contributed by atoms with Gasteiger partial charge >= 0.3 is 0 Å². The van der Waals surface area contributed by atoms with Crippen LogP contribution in [0.5, 0.6) is 0 Å². The van der Waals surface area contributed by atoms with Gasteiger partial charge in [0, 0.05) is 18.2 Å². The van der Waals surface area contributed by atoms with Crippen LogP contribution < -0.4 is 5.32 Å². The molecule has 1 unspecified atom stereocenters. The van der Waals surface area contributed by atoms with Crippen LogP contribution in [-0.4, -0.2) is 22.5 Å². The Morgan fingerprint density at radius 1 is 1.35 bits per heavy atom. The first kappa shape index (κ1) is 12.5. The van der Waals surface area contributed by atoms with E-state index < -0.39 is 0 Å². The van der Waals surface area contributed by atoms with Crippen molar-refractivity contribution in [3.8, 4) is 0 Å². The van der Waals surface area contributed by atoms with Crippen molar-refractivity contribution in [1.82, 2.24) is 5.32 Å². The van der Waals surface area contributed by atoms with Crippen LogP contribution in [0.3, 0.4) is 0 Å². The van der Waals surface area contributed by atoms with Gasteiger partial charge in [-0.25, -0.2) is 0 Å². The van der Waals surface area contributed by atoms with Gasteiger partial charge in [0.15, 0.2) is 0 Å². The average molecular weight is 251 g/mol. The number of carbonyl (C=O) groups excluding carboxylic acids is 1. The van der Waals surface area contributed by atoms with Gasteiger partial charge in [0.25, 0.3) is 0 Å². The van der Waals surface area contributed by atoms with Gasteiger partial charge in [0.1, 0.15) is 0 Å². The van der Waals surface area contributed by atoms with E-state index in [-0.39, 0.29) is 18.4 Å². The molecule has 1 heterocycles. The van der Waals surface area contributed by atoms with E-state index in [2.05, 4.69) is 5.32 Å². The molecule has 1 saturated heterocycles. The lowest BCUT2D eigenvalue weighted by atomic mass is 10.1. The van der Waals surface area contributed by atoms with Crippen LogP contribution in [0.2, 0.25) is 0 Å². The zero-order valence-electron chi connectivity index (χ0n) is 9.69. The Hall–Kier alpha value is -1.00. The summed E-state index contributed by atoms with van der Waals surface area (Å²) in [6.45, 7) is 0.637. The molecule has 0 aliphatic carbocycles. The van der Waals surface area contributed by atoms with Crippen LogP contribution in [0.25, 0.3) is 0 Å². The summed E-state index contributed by atoms with van der Waals surface area (Å²) in [6, 6.07) is 7.64. The molecule has 3 nitrogen and oxygen atoms in total. The highest BCUT2D eigenvalue weighted by atomic mass is 32.2. The molecule has 17 heavy (non-hydrogen) atoms. The van der Waals surface area contributed by atoms with Crippen LogP contribution in [0.1, 0.15) is 17.5 Å². The maximum absolute atomic E-state index is 11.8. The molecule has 2 rings (SSSR count). The topological polar surface area (TPSA) is 49.3 Å². The molecule has 1 aliphatic rings. The summed E-state index contributed by atoms with van der Waals surface area (Å²) >= 11 is 1.85. The monoisotopic (exact) mass is 251 g/mol. The molecule has 1 fully saturated rings.